The molecular formula is C15H24ClNO4. The first kappa shape index (κ1) is 18.0. The number of methoxy groups -OCH3 is 1. The summed E-state index contributed by atoms with van der Waals surface area (Å²) in [6, 6.07) is 3.79. The van der Waals surface area contributed by atoms with E-state index >= 15 is 0 Å². The molecule has 6 heteroatoms. The molecular weight excluding hydrogens is 294 g/mol. The molecule has 0 aliphatic carbocycles. The molecule has 0 aliphatic rings. The Bertz CT molecular complexity index is 415. The van der Waals surface area contributed by atoms with Gasteiger partial charge in [-0.2, -0.15) is 0 Å². The van der Waals surface area contributed by atoms with Crippen LogP contribution >= 0.6 is 11.6 Å². The predicted molar refractivity (Wildman–Crippen MR) is 83.4 cm³/mol. The van der Waals surface area contributed by atoms with E-state index in [9.17, 15) is 0 Å². The van der Waals surface area contributed by atoms with Gasteiger partial charge in [0.2, 0.25) is 0 Å². The van der Waals surface area contributed by atoms with E-state index in [1.807, 2.05) is 19.1 Å². The summed E-state index contributed by atoms with van der Waals surface area (Å²) >= 11 is 6.25. The molecule has 0 unspecified atom stereocenters. The molecule has 1 aromatic carbocycles. The Kier molecular flexibility index (Phi) is 9.17. The van der Waals surface area contributed by atoms with Gasteiger partial charge in [0.05, 0.1) is 38.6 Å². The molecule has 0 amide bonds. The largest absolute Gasteiger partial charge is 0.493 e. The van der Waals surface area contributed by atoms with Gasteiger partial charge in [0.1, 0.15) is 0 Å². The lowest BCUT2D eigenvalue weighted by Gasteiger charge is -2.14. The number of rotatable bonds is 11. The fourth-order valence-electron chi connectivity index (χ4n) is 1.76. The number of benzene rings is 1. The van der Waals surface area contributed by atoms with Gasteiger partial charge in [-0.3, -0.25) is 0 Å². The maximum absolute atomic E-state index is 8.59. The van der Waals surface area contributed by atoms with Gasteiger partial charge < -0.3 is 24.6 Å². The maximum Gasteiger partial charge on any atom is 0.179 e. The smallest absolute Gasteiger partial charge is 0.179 e. The average Bonchev–Trinajstić information content (AvgIpc) is 2.49. The van der Waals surface area contributed by atoms with E-state index in [2.05, 4.69) is 5.32 Å². The van der Waals surface area contributed by atoms with Gasteiger partial charge in [-0.05, 0) is 24.1 Å². The van der Waals surface area contributed by atoms with Crippen LogP contribution in [0.1, 0.15) is 18.9 Å². The zero-order valence-corrected chi connectivity index (χ0v) is 13.4. The van der Waals surface area contributed by atoms with Crippen molar-refractivity contribution in [2.45, 2.75) is 19.9 Å². The highest BCUT2D eigenvalue weighted by Crippen LogP contribution is 2.36. The minimum Gasteiger partial charge on any atom is -0.493 e. The van der Waals surface area contributed by atoms with E-state index in [1.165, 1.54) is 0 Å². The van der Waals surface area contributed by atoms with E-state index in [4.69, 9.17) is 30.9 Å². The summed E-state index contributed by atoms with van der Waals surface area (Å²) in [4.78, 5) is 0. The van der Waals surface area contributed by atoms with Gasteiger partial charge in [0.15, 0.2) is 11.5 Å². The van der Waals surface area contributed by atoms with Crippen LogP contribution in [0.2, 0.25) is 5.02 Å². The van der Waals surface area contributed by atoms with Crippen molar-refractivity contribution in [3.8, 4) is 11.5 Å². The maximum atomic E-state index is 8.59. The van der Waals surface area contributed by atoms with Gasteiger partial charge >= 0.3 is 0 Å². The highest BCUT2D eigenvalue weighted by molar-refractivity contribution is 6.32. The molecule has 0 radical (unpaired) electrons. The normalized spacial score (nSPS) is 10.7. The molecule has 2 N–H and O–H groups in total. The summed E-state index contributed by atoms with van der Waals surface area (Å²) in [5, 5.41) is 12.4. The summed E-state index contributed by atoms with van der Waals surface area (Å²) in [6.45, 7) is 4.98. The lowest BCUT2D eigenvalue weighted by Crippen LogP contribution is -2.20. The average molecular weight is 318 g/mol. The minimum atomic E-state index is 0.0476. The monoisotopic (exact) mass is 317 g/mol. The second kappa shape index (κ2) is 10.7. The van der Waals surface area contributed by atoms with Gasteiger partial charge in [-0.25, -0.2) is 0 Å². The SMILES string of the molecule is CCCOc1c(Cl)cc(CNCCOCCO)cc1OC. The van der Waals surface area contributed by atoms with Crippen molar-refractivity contribution in [2.24, 2.45) is 0 Å². The number of nitrogens with one attached hydrogen (secondary N) is 1. The van der Waals surface area contributed by atoms with Crippen molar-refractivity contribution in [3.05, 3.63) is 22.7 Å². The van der Waals surface area contributed by atoms with Gasteiger partial charge in [-0.1, -0.05) is 18.5 Å². The second-order valence-electron chi connectivity index (χ2n) is 4.47. The lowest BCUT2D eigenvalue weighted by atomic mass is 10.2. The van der Waals surface area contributed by atoms with Gasteiger partial charge in [0.25, 0.3) is 0 Å². The van der Waals surface area contributed by atoms with Crippen LogP contribution in [0.4, 0.5) is 0 Å². The van der Waals surface area contributed by atoms with Crippen LogP contribution in [-0.4, -0.2) is 45.2 Å². The number of hydrogen-bond acceptors (Lipinski definition) is 5. The summed E-state index contributed by atoms with van der Waals surface area (Å²) < 4.78 is 16.1. The molecule has 0 aromatic heterocycles. The van der Waals surface area contributed by atoms with Crippen molar-refractivity contribution in [3.63, 3.8) is 0 Å². The first-order valence-corrected chi connectivity index (χ1v) is 7.49. The first-order chi connectivity index (χ1) is 10.2. The van der Waals surface area contributed by atoms with Crippen LogP contribution in [0.3, 0.4) is 0 Å². The van der Waals surface area contributed by atoms with Crippen molar-refractivity contribution in [1.29, 1.82) is 0 Å². The third kappa shape index (κ3) is 6.52. The fraction of sp³-hybridized carbons (Fsp3) is 0.600. The minimum absolute atomic E-state index is 0.0476. The van der Waals surface area contributed by atoms with Crippen LogP contribution in [0.15, 0.2) is 12.1 Å². The van der Waals surface area contributed by atoms with Crippen LogP contribution in [-0.2, 0) is 11.3 Å². The number of aliphatic hydroxyl groups excluding tert-OH is 1. The fourth-order valence-corrected chi connectivity index (χ4v) is 2.05. The number of ether oxygens (including phenoxy) is 3. The molecule has 0 bridgehead atoms. The number of aliphatic hydroxyl groups is 1. The van der Waals surface area contributed by atoms with E-state index in [1.54, 1.807) is 7.11 Å². The molecule has 0 saturated carbocycles. The van der Waals surface area contributed by atoms with Crippen molar-refractivity contribution >= 4 is 11.6 Å². The van der Waals surface area contributed by atoms with Crippen molar-refractivity contribution in [2.75, 3.05) is 40.1 Å². The zero-order chi connectivity index (χ0) is 15.5. The van der Waals surface area contributed by atoms with Gasteiger partial charge in [0, 0.05) is 13.1 Å². The Morgan fingerprint density at radius 1 is 1.24 bits per heavy atom. The number of halogens is 1. The Balaban J connectivity index is 2.53. The van der Waals surface area contributed by atoms with E-state index < -0.39 is 0 Å². The third-order valence-electron chi connectivity index (χ3n) is 2.73. The first-order valence-electron chi connectivity index (χ1n) is 7.11. The topological polar surface area (TPSA) is 60.0 Å². The molecule has 1 aromatic rings. The molecule has 120 valence electrons. The zero-order valence-electron chi connectivity index (χ0n) is 12.7. The quantitative estimate of drug-likeness (QED) is 0.613. The Labute approximate surface area is 131 Å². The summed E-state index contributed by atoms with van der Waals surface area (Å²) in [5.74, 6) is 1.24. The molecule has 21 heavy (non-hydrogen) atoms. The summed E-state index contributed by atoms with van der Waals surface area (Å²) in [7, 11) is 1.60. The molecule has 0 heterocycles. The Hall–Kier alpha value is -1.01. The van der Waals surface area contributed by atoms with E-state index in [0.29, 0.717) is 49.4 Å². The van der Waals surface area contributed by atoms with Crippen LogP contribution in [0.25, 0.3) is 0 Å². The van der Waals surface area contributed by atoms with Crippen molar-refractivity contribution < 1.29 is 19.3 Å². The molecule has 0 saturated heterocycles. The second-order valence-corrected chi connectivity index (χ2v) is 4.88. The molecule has 0 fully saturated rings. The van der Waals surface area contributed by atoms with Crippen molar-refractivity contribution in [1.82, 2.24) is 5.32 Å². The predicted octanol–water partition coefficient (Wildman–Crippen LogP) is 2.24. The van der Waals surface area contributed by atoms with Crippen LogP contribution in [0, 0.1) is 0 Å². The standard InChI is InChI=1S/C15H24ClNO4/c1-3-6-21-15-13(16)9-12(10-14(15)19-2)11-17-4-7-20-8-5-18/h9-10,17-18H,3-8,11H2,1-2H3. The lowest BCUT2D eigenvalue weighted by molar-refractivity contribution is 0.0938. The summed E-state index contributed by atoms with van der Waals surface area (Å²) in [6.07, 6.45) is 0.913. The third-order valence-corrected chi connectivity index (χ3v) is 3.01. The van der Waals surface area contributed by atoms with E-state index in [-0.39, 0.29) is 6.61 Å². The summed E-state index contributed by atoms with van der Waals surface area (Å²) in [5.41, 5.74) is 1.02. The molecule has 0 aliphatic heterocycles. The number of hydrogen-bond donors (Lipinski definition) is 2. The Morgan fingerprint density at radius 2 is 2.05 bits per heavy atom. The molecule has 0 atom stereocenters. The highest BCUT2D eigenvalue weighted by Gasteiger charge is 2.11. The van der Waals surface area contributed by atoms with Crippen LogP contribution < -0.4 is 14.8 Å². The molecule has 1 rings (SSSR count). The highest BCUT2D eigenvalue weighted by atomic mass is 35.5. The van der Waals surface area contributed by atoms with E-state index in [0.717, 1.165) is 12.0 Å². The Morgan fingerprint density at radius 3 is 2.71 bits per heavy atom. The van der Waals surface area contributed by atoms with Gasteiger partial charge in [-0.15, -0.1) is 0 Å². The molecule has 0 spiro atoms. The molecule has 5 nitrogen and oxygen atoms in total. The van der Waals surface area contributed by atoms with Crippen LogP contribution in [0.5, 0.6) is 11.5 Å².